The van der Waals surface area contributed by atoms with Crippen LogP contribution in [0.1, 0.15) is 12.5 Å². The van der Waals surface area contributed by atoms with Crippen LogP contribution < -0.4 is 11.3 Å². The molecule has 8 nitrogen and oxygen atoms in total. The van der Waals surface area contributed by atoms with Crippen LogP contribution in [0.5, 0.6) is 0 Å². The van der Waals surface area contributed by atoms with Crippen molar-refractivity contribution in [3.63, 3.8) is 0 Å². The molecule has 0 amide bonds. The van der Waals surface area contributed by atoms with E-state index in [-0.39, 0.29) is 22.9 Å². The molecule has 0 atom stereocenters. The molecule has 0 bridgehead atoms. The smallest absolute Gasteiger partial charge is 0.283 e. The summed E-state index contributed by atoms with van der Waals surface area (Å²) in [5, 5.41) is 4.94. The van der Waals surface area contributed by atoms with Gasteiger partial charge in [-0.15, -0.1) is 5.10 Å². The maximum atomic E-state index is 12.5. The van der Waals surface area contributed by atoms with E-state index >= 15 is 0 Å². The van der Waals surface area contributed by atoms with Gasteiger partial charge in [0.25, 0.3) is 5.56 Å². The minimum atomic E-state index is -0.480. The van der Waals surface area contributed by atoms with Crippen molar-refractivity contribution in [1.29, 1.82) is 0 Å². The van der Waals surface area contributed by atoms with E-state index in [0.717, 1.165) is 0 Å². The molecule has 0 aliphatic heterocycles. The Bertz CT molecular complexity index is 1180. The molecule has 2 N–H and O–H groups in total. The number of hydrogen-bond donors (Lipinski definition) is 1. The first-order valence-corrected chi connectivity index (χ1v) is 8.90. The number of allylic oxidation sites excluding steroid dienone is 4. The van der Waals surface area contributed by atoms with Crippen LogP contribution >= 0.6 is 11.3 Å². The molecule has 3 aromatic rings. The molecular weight excluding hydrogens is 368 g/mol. The predicted octanol–water partition coefficient (Wildman–Crippen LogP) is 2.44. The second-order valence-corrected chi connectivity index (χ2v) is 6.53. The molecule has 0 unspecified atom stereocenters. The predicted molar refractivity (Wildman–Crippen MR) is 101 cm³/mol. The summed E-state index contributed by atoms with van der Waals surface area (Å²) in [6.07, 6.45) is 7.64. The number of rotatable bonds is 4. The van der Waals surface area contributed by atoms with Gasteiger partial charge in [0, 0.05) is 0 Å². The Morgan fingerprint density at radius 1 is 1.37 bits per heavy atom. The third-order valence-corrected chi connectivity index (χ3v) is 4.73. The van der Waals surface area contributed by atoms with Crippen LogP contribution in [0.15, 0.2) is 57.2 Å². The lowest BCUT2D eigenvalue weighted by Gasteiger charge is -2.10. The van der Waals surface area contributed by atoms with Crippen LogP contribution in [0.2, 0.25) is 0 Å². The minimum absolute atomic E-state index is 0.156. The quantitative estimate of drug-likeness (QED) is 0.737. The van der Waals surface area contributed by atoms with E-state index in [1.165, 1.54) is 28.2 Å². The Hall–Kier alpha value is -3.46. The highest BCUT2D eigenvalue weighted by atomic mass is 32.1. The number of ether oxygens (including phenoxy) is 1. The van der Waals surface area contributed by atoms with Crippen molar-refractivity contribution in [3.05, 3.63) is 63.9 Å². The zero-order valence-electron chi connectivity index (χ0n) is 14.2. The summed E-state index contributed by atoms with van der Waals surface area (Å²) >= 11 is 1.20. The van der Waals surface area contributed by atoms with Crippen molar-refractivity contribution in [2.45, 2.75) is 6.92 Å². The van der Waals surface area contributed by atoms with Crippen LogP contribution in [0, 0.1) is 0 Å². The first-order chi connectivity index (χ1) is 13.1. The van der Waals surface area contributed by atoms with Crippen molar-refractivity contribution in [2.75, 3.05) is 12.3 Å². The van der Waals surface area contributed by atoms with Gasteiger partial charge in [0.05, 0.1) is 18.4 Å². The molecule has 0 aromatic carbocycles. The second kappa shape index (κ2) is 6.69. The highest BCUT2D eigenvalue weighted by Gasteiger charge is 2.17. The lowest BCUT2D eigenvalue weighted by atomic mass is 10.0. The molecule has 136 valence electrons. The molecule has 0 saturated heterocycles. The monoisotopic (exact) mass is 382 g/mol. The molecule has 1 aliphatic carbocycles. The van der Waals surface area contributed by atoms with E-state index in [0.29, 0.717) is 27.9 Å². The number of nitrogen functional groups attached to an aromatic ring is 1. The molecule has 9 heteroatoms. The van der Waals surface area contributed by atoms with Gasteiger partial charge in [0.1, 0.15) is 5.82 Å². The third-order valence-electron chi connectivity index (χ3n) is 3.80. The molecule has 0 radical (unpaired) electrons. The first-order valence-electron chi connectivity index (χ1n) is 8.08. The molecule has 4 rings (SSSR count). The summed E-state index contributed by atoms with van der Waals surface area (Å²) in [6.45, 7) is 2.16. The molecule has 3 aromatic heterocycles. The number of fused-ring (bicyclic) bond motifs is 1. The van der Waals surface area contributed by atoms with Gasteiger partial charge in [0.2, 0.25) is 10.7 Å². The van der Waals surface area contributed by atoms with E-state index in [4.69, 9.17) is 14.9 Å². The minimum Gasteiger partial charge on any atom is -0.490 e. The number of nitrogens with two attached hydrogens (primary N) is 1. The number of hydrogen-bond acceptors (Lipinski definition) is 8. The molecule has 1 aliphatic rings. The van der Waals surface area contributed by atoms with Gasteiger partial charge in [-0.25, -0.2) is 0 Å². The van der Waals surface area contributed by atoms with Gasteiger partial charge in [-0.2, -0.15) is 9.50 Å². The van der Waals surface area contributed by atoms with Gasteiger partial charge in [-0.1, -0.05) is 17.4 Å². The number of furan rings is 1. The maximum absolute atomic E-state index is 12.5. The fraction of sp³-hybridized carbons (Fsp3) is 0.111. The van der Waals surface area contributed by atoms with Crippen molar-refractivity contribution >= 4 is 34.0 Å². The molecule has 27 heavy (non-hydrogen) atoms. The average molecular weight is 382 g/mol. The Labute approximate surface area is 156 Å². The number of carbonyl (C=O) groups is 1. The fourth-order valence-electron chi connectivity index (χ4n) is 2.57. The van der Waals surface area contributed by atoms with E-state index in [1.807, 2.05) is 0 Å². The zero-order valence-corrected chi connectivity index (χ0v) is 15.0. The highest BCUT2D eigenvalue weighted by Crippen LogP contribution is 2.27. The van der Waals surface area contributed by atoms with E-state index < -0.39 is 5.56 Å². The van der Waals surface area contributed by atoms with Gasteiger partial charge in [0.15, 0.2) is 16.5 Å². The lowest BCUT2D eigenvalue weighted by Crippen LogP contribution is -2.17. The largest absolute Gasteiger partial charge is 0.490 e. The Kier molecular flexibility index (Phi) is 4.21. The van der Waals surface area contributed by atoms with Gasteiger partial charge in [-0.05, 0) is 42.9 Å². The van der Waals surface area contributed by atoms with E-state index in [1.54, 1.807) is 37.3 Å². The molecule has 0 fully saturated rings. The number of aromatic nitrogens is 3. The van der Waals surface area contributed by atoms with E-state index in [2.05, 4.69) is 10.1 Å². The van der Waals surface area contributed by atoms with Gasteiger partial charge >= 0.3 is 0 Å². The summed E-state index contributed by atoms with van der Waals surface area (Å²) in [4.78, 5) is 28.7. The molecule has 3 heterocycles. The number of carbonyl (C=O) groups excluding carboxylic acids is 1. The molecule has 0 saturated carbocycles. The topological polar surface area (TPSA) is 113 Å². The molecular formula is C18H14N4O4S. The summed E-state index contributed by atoms with van der Waals surface area (Å²) in [6, 6.07) is 3.51. The summed E-state index contributed by atoms with van der Waals surface area (Å²) in [7, 11) is 0. The normalized spacial score (nSPS) is 15.5. The van der Waals surface area contributed by atoms with Gasteiger partial charge < -0.3 is 14.9 Å². The summed E-state index contributed by atoms with van der Waals surface area (Å²) in [5.74, 6) is 0.709. The van der Waals surface area contributed by atoms with Crippen LogP contribution in [0.3, 0.4) is 0 Å². The zero-order chi connectivity index (χ0) is 19.0. The van der Waals surface area contributed by atoms with Crippen LogP contribution in [-0.2, 0) is 9.53 Å². The fourth-order valence-corrected chi connectivity index (χ4v) is 3.43. The lowest BCUT2D eigenvalue weighted by molar-refractivity contribution is -0.114. The number of anilines is 1. The Balaban J connectivity index is 1.82. The third kappa shape index (κ3) is 3.08. The van der Waals surface area contributed by atoms with Crippen LogP contribution in [0.25, 0.3) is 21.8 Å². The number of nitrogens with zero attached hydrogens (tertiary/aromatic N) is 3. The second-order valence-electron chi connectivity index (χ2n) is 5.58. The van der Waals surface area contributed by atoms with Crippen LogP contribution in [0.4, 0.5) is 5.82 Å². The standard InChI is InChI=1S/C18H14N4O4S/c1-2-25-14-9-10(5-6-12(14)23)8-11-15(19)22-18(20-16(11)24)27-17(21-22)13-4-3-7-26-13/h3-9H,2,19H2,1H3/b10-8+. The highest BCUT2D eigenvalue weighted by molar-refractivity contribution is 7.19. The van der Waals surface area contributed by atoms with Crippen LogP contribution in [-0.4, -0.2) is 27.0 Å². The van der Waals surface area contributed by atoms with Crippen molar-refractivity contribution in [2.24, 2.45) is 0 Å². The van der Waals surface area contributed by atoms with E-state index in [9.17, 15) is 9.59 Å². The first kappa shape index (κ1) is 17.0. The molecule has 0 spiro atoms. The SMILES string of the molecule is CCOC1=C/C(=C/c2c(N)n3nc(-c4ccco4)sc3nc2=O)C=CC1=O. The summed E-state index contributed by atoms with van der Waals surface area (Å²) < 4.78 is 12.0. The summed E-state index contributed by atoms with van der Waals surface area (Å²) in [5.41, 5.74) is 6.48. The number of ketones is 1. The van der Waals surface area contributed by atoms with Crippen molar-refractivity contribution < 1.29 is 13.9 Å². The maximum Gasteiger partial charge on any atom is 0.283 e. The average Bonchev–Trinajstić information content (AvgIpc) is 3.31. The Morgan fingerprint density at radius 3 is 2.96 bits per heavy atom. The van der Waals surface area contributed by atoms with Gasteiger partial charge in [-0.3, -0.25) is 9.59 Å². The van der Waals surface area contributed by atoms with Crippen molar-refractivity contribution in [3.8, 4) is 10.8 Å². The van der Waals surface area contributed by atoms with Crippen molar-refractivity contribution in [1.82, 2.24) is 14.6 Å². The Morgan fingerprint density at radius 2 is 2.22 bits per heavy atom.